The van der Waals surface area contributed by atoms with Gasteiger partial charge in [-0.05, 0) is 0 Å². The highest BCUT2D eigenvalue weighted by atomic mass is 127. The number of hydrogen-bond acceptors (Lipinski definition) is 3. The number of alkyl halides is 1. The van der Waals surface area contributed by atoms with Gasteiger partial charge in [0.05, 0.1) is 12.7 Å². The second-order valence-corrected chi connectivity index (χ2v) is 3.24. The molecule has 0 aliphatic carbocycles. The number of rotatable bonds is 6. The molecule has 64 valence electrons. The minimum Gasteiger partial charge on any atom is -0.395 e. The van der Waals surface area contributed by atoms with Crippen LogP contribution in [0.4, 0.5) is 0 Å². The van der Waals surface area contributed by atoms with E-state index in [1.165, 1.54) is 0 Å². The summed E-state index contributed by atoms with van der Waals surface area (Å²) in [7, 11) is 0. The lowest BCUT2D eigenvalue weighted by molar-refractivity contribution is 0.206. The minimum atomic E-state index is 0.183. The molecular formula is C7H13IN2O. The van der Waals surface area contributed by atoms with E-state index in [0.29, 0.717) is 13.0 Å². The van der Waals surface area contributed by atoms with E-state index in [-0.39, 0.29) is 6.61 Å². The molecule has 0 saturated carbocycles. The Morgan fingerprint density at radius 1 is 1.36 bits per heavy atom. The first-order chi connectivity index (χ1) is 5.35. The molecule has 0 fully saturated rings. The van der Waals surface area contributed by atoms with Gasteiger partial charge in [0.1, 0.15) is 0 Å². The lowest BCUT2D eigenvalue weighted by Crippen LogP contribution is -2.29. The molecule has 0 aromatic carbocycles. The summed E-state index contributed by atoms with van der Waals surface area (Å²) in [5, 5.41) is 16.9. The largest absolute Gasteiger partial charge is 0.395 e. The van der Waals surface area contributed by atoms with Crippen molar-refractivity contribution in [2.75, 3.05) is 30.7 Å². The molecule has 0 heterocycles. The first kappa shape index (κ1) is 11.1. The minimum absolute atomic E-state index is 0.183. The standard InChI is InChI=1S/C7H13IN2O/c8-2-5-10(6-7-11)4-1-3-9/h11H,1-2,4-7H2. The molecule has 0 rings (SSSR count). The summed E-state index contributed by atoms with van der Waals surface area (Å²) < 4.78 is 1.04. The lowest BCUT2D eigenvalue weighted by Gasteiger charge is -2.17. The second kappa shape index (κ2) is 8.24. The molecule has 0 atom stereocenters. The second-order valence-electron chi connectivity index (χ2n) is 2.16. The topological polar surface area (TPSA) is 47.3 Å². The van der Waals surface area contributed by atoms with Gasteiger partial charge in [-0.2, -0.15) is 5.26 Å². The summed E-state index contributed by atoms with van der Waals surface area (Å²) in [5.74, 6) is 0. The van der Waals surface area contributed by atoms with Crippen molar-refractivity contribution < 1.29 is 5.11 Å². The summed E-state index contributed by atoms with van der Waals surface area (Å²) in [6.45, 7) is 2.61. The quantitative estimate of drug-likeness (QED) is 0.567. The summed E-state index contributed by atoms with van der Waals surface area (Å²) in [4.78, 5) is 2.09. The highest BCUT2D eigenvalue weighted by Gasteiger charge is 2.00. The zero-order chi connectivity index (χ0) is 8.53. The van der Waals surface area contributed by atoms with Crippen molar-refractivity contribution in [2.45, 2.75) is 6.42 Å². The Bertz CT molecular complexity index is 118. The van der Waals surface area contributed by atoms with E-state index in [9.17, 15) is 0 Å². The van der Waals surface area contributed by atoms with Gasteiger partial charge in [-0.1, -0.05) is 22.6 Å². The first-order valence-corrected chi connectivity index (χ1v) is 5.13. The van der Waals surface area contributed by atoms with Crippen LogP contribution in [-0.4, -0.2) is 40.7 Å². The highest BCUT2D eigenvalue weighted by molar-refractivity contribution is 14.1. The number of halogens is 1. The molecule has 3 nitrogen and oxygen atoms in total. The van der Waals surface area contributed by atoms with Gasteiger partial charge in [-0.3, -0.25) is 4.90 Å². The van der Waals surface area contributed by atoms with Crippen LogP contribution in [0.25, 0.3) is 0 Å². The van der Waals surface area contributed by atoms with Gasteiger partial charge in [-0.15, -0.1) is 0 Å². The molecule has 1 N–H and O–H groups in total. The van der Waals surface area contributed by atoms with E-state index >= 15 is 0 Å². The summed E-state index contributed by atoms with van der Waals surface area (Å²) in [5.41, 5.74) is 0. The van der Waals surface area contributed by atoms with Gasteiger partial charge in [0.25, 0.3) is 0 Å². The van der Waals surface area contributed by atoms with Gasteiger partial charge in [0, 0.05) is 30.5 Å². The zero-order valence-electron chi connectivity index (χ0n) is 6.46. The van der Waals surface area contributed by atoms with Crippen LogP contribution in [0.15, 0.2) is 0 Å². The molecule has 0 aromatic heterocycles. The zero-order valence-corrected chi connectivity index (χ0v) is 8.62. The number of hydrogen-bond donors (Lipinski definition) is 1. The van der Waals surface area contributed by atoms with Gasteiger partial charge in [0.2, 0.25) is 0 Å². The third kappa shape index (κ3) is 6.53. The molecule has 0 bridgehead atoms. The predicted octanol–water partition coefficient (Wildman–Crippen LogP) is 0.629. The number of nitriles is 1. The lowest BCUT2D eigenvalue weighted by atomic mass is 10.4. The summed E-state index contributed by atoms with van der Waals surface area (Å²) in [6.07, 6.45) is 0.552. The van der Waals surface area contributed by atoms with E-state index in [0.717, 1.165) is 17.5 Å². The monoisotopic (exact) mass is 268 g/mol. The highest BCUT2D eigenvalue weighted by Crippen LogP contribution is 1.92. The van der Waals surface area contributed by atoms with Crippen molar-refractivity contribution in [1.29, 1.82) is 5.26 Å². The number of nitrogens with zero attached hydrogens (tertiary/aromatic N) is 2. The molecule has 0 aliphatic rings. The fourth-order valence-electron chi connectivity index (χ4n) is 0.804. The van der Waals surface area contributed by atoms with Crippen LogP contribution in [0, 0.1) is 11.3 Å². The Morgan fingerprint density at radius 3 is 2.55 bits per heavy atom. The van der Waals surface area contributed by atoms with Crippen LogP contribution in [0.2, 0.25) is 0 Å². The van der Waals surface area contributed by atoms with Crippen LogP contribution in [0.3, 0.4) is 0 Å². The maximum Gasteiger partial charge on any atom is 0.0635 e. The molecule has 0 aromatic rings. The summed E-state index contributed by atoms with van der Waals surface area (Å²) in [6, 6.07) is 2.09. The third-order valence-corrected chi connectivity index (χ3v) is 1.84. The van der Waals surface area contributed by atoms with Crippen molar-refractivity contribution in [1.82, 2.24) is 4.90 Å². The van der Waals surface area contributed by atoms with Crippen molar-refractivity contribution in [3.05, 3.63) is 0 Å². The number of aliphatic hydroxyl groups excluding tert-OH is 1. The third-order valence-electron chi connectivity index (χ3n) is 1.36. The predicted molar refractivity (Wildman–Crippen MR) is 52.6 cm³/mol. The van der Waals surface area contributed by atoms with Crippen LogP contribution in [0.1, 0.15) is 6.42 Å². The van der Waals surface area contributed by atoms with Gasteiger partial charge >= 0.3 is 0 Å². The van der Waals surface area contributed by atoms with E-state index < -0.39 is 0 Å². The van der Waals surface area contributed by atoms with E-state index in [1.807, 2.05) is 0 Å². The molecule has 0 amide bonds. The van der Waals surface area contributed by atoms with Crippen LogP contribution in [0.5, 0.6) is 0 Å². The van der Waals surface area contributed by atoms with Crippen LogP contribution in [-0.2, 0) is 0 Å². The van der Waals surface area contributed by atoms with Gasteiger partial charge in [0.15, 0.2) is 0 Å². The van der Waals surface area contributed by atoms with Crippen molar-refractivity contribution in [3.8, 4) is 6.07 Å². The van der Waals surface area contributed by atoms with Crippen molar-refractivity contribution >= 4 is 22.6 Å². The fourth-order valence-corrected chi connectivity index (χ4v) is 1.49. The number of aliphatic hydroxyl groups is 1. The molecule has 0 saturated heterocycles. The summed E-state index contributed by atoms with van der Waals surface area (Å²) >= 11 is 2.29. The molecule has 0 spiro atoms. The average molecular weight is 268 g/mol. The Labute approximate surface area is 81.1 Å². The molecule has 0 aliphatic heterocycles. The fraction of sp³-hybridized carbons (Fsp3) is 0.857. The van der Waals surface area contributed by atoms with Gasteiger partial charge in [-0.25, -0.2) is 0 Å². The Kier molecular flexibility index (Phi) is 8.34. The molecule has 0 unspecified atom stereocenters. The normalized spacial score (nSPS) is 10.0. The Morgan fingerprint density at radius 2 is 2.09 bits per heavy atom. The van der Waals surface area contributed by atoms with Gasteiger partial charge < -0.3 is 5.11 Å². The molecular weight excluding hydrogens is 255 g/mol. The maximum atomic E-state index is 8.64. The van der Waals surface area contributed by atoms with E-state index in [1.54, 1.807) is 0 Å². The van der Waals surface area contributed by atoms with Crippen LogP contribution < -0.4 is 0 Å². The van der Waals surface area contributed by atoms with E-state index in [4.69, 9.17) is 10.4 Å². The maximum absolute atomic E-state index is 8.64. The van der Waals surface area contributed by atoms with Crippen LogP contribution >= 0.6 is 22.6 Å². The van der Waals surface area contributed by atoms with Crippen molar-refractivity contribution in [2.24, 2.45) is 0 Å². The van der Waals surface area contributed by atoms with Crippen molar-refractivity contribution in [3.63, 3.8) is 0 Å². The molecule has 0 radical (unpaired) electrons. The smallest absolute Gasteiger partial charge is 0.0635 e. The SMILES string of the molecule is N#CCCN(CCO)CCI. The van der Waals surface area contributed by atoms with E-state index in [2.05, 4.69) is 33.6 Å². The Hall–Kier alpha value is 0.140. The average Bonchev–Trinajstić information content (AvgIpc) is 2.01. The first-order valence-electron chi connectivity index (χ1n) is 3.61. The Balaban J connectivity index is 3.44. The molecule has 11 heavy (non-hydrogen) atoms. The molecule has 4 heteroatoms.